The van der Waals surface area contributed by atoms with Crippen molar-refractivity contribution in [3.63, 3.8) is 0 Å². The molecule has 2 aliphatic rings. The normalized spacial score (nSPS) is 32.8. The average Bonchev–Trinajstić information content (AvgIpc) is 2.69. The number of hydrogen-bond donors (Lipinski definition) is 1. The third-order valence-electron chi connectivity index (χ3n) is 5.40. The van der Waals surface area contributed by atoms with Gasteiger partial charge in [-0.1, -0.05) is 34.1 Å². The third kappa shape index (κ3) is 2.53. The highest BCUT2D eigenvalue weighted by Gasteiger charge is 2.42. The minimum Gasteiger partial charge on any atom is -0.309 e. The quantitative estimate of drug-likeness (QED) is 0.813. The molecule has 0 bridgehead atoms. The highest BCUT2D eigenvalue weighted by Crippen LogP contribution is 2.41. The molecule has 1 N–H and O–H groups in total. The van der Waals surface area contributed by atoms with E-state index in [1.807, 2.05) is 0 Å². The van der Waals surface area contributed by atoms with E-state index in [1.165, 1.54) is 51.7 Å². The molecule has 0 spiro atoms. The van der Waals surface area contributed by atoms with E-state index >= 15 is 0 Å². The summed E-state index contributed by atoms with van der Waals surface area (Å²) in [6, 6.07) is 0.821. The first kappa shape index (κ1) is 13.4. The molecule has 0 amide bonds. The lowest BCUT2D eigenvalue weighted by Gasteiger charge is -2.48. The first-order chi connectivity index (χ1) is 8.03. The molecular formula is C15H30N2. The molecule has 2 nitrogen and oxygen atoms in total. The highest BCUT2D eigenvalue weighted by atomic mass is 15.3. The molecule has 1 saturated carbocycles. The van der Waals surface area contributed by atoms with Crippen LogP contribution in [0.4, 0.5) is 0 Å². The zero-order valence-corrected chi connectivity index (χ0v) is 12.2. The van der Waals surface area contributed by atoms with Crippen LogP contribution in [-0.4, -0.2) is 36.1 Å². The molecule has 100 valence electrons. The van der Waals surface area contributed by atoms with Crippen molar-refractivity contribution in [2.75, 3.05) is 19.6 Å². The molecule has 2 fully saturated rings. The summed E-state index contributed by atoms with van der Waals surface area (Å²) < 4.78 is 0. The Balaban J connectivity index is 2.07. The van der Waals surface area contributed by atoms with E-state index in [2.05, 4.69) is 37.9 Å². The van der Waals surface area contributed by atoms with E-state index in [0.717, 1.165) is 6.04 Å². The van der Waals surface area contributed by atoms with Crippen molar-refractivity contribution in [2.45, 2.75) is 71.4 Å². The minimum absolute atomic E-state index is 0.386. The molecule has 1 aliphatic carbocycles. The summed E-state index contributed by atoms with van der Waals surface area (Å²) in [5.74, 6) is 0. The Kier molecular flexibility index (Phi) is 3.84. The molecule has 1 saturated heterocycles. The van der Waals surface area contributed by atoms with Gasteiger partial charge in [0.15, 0.2) is 0 Å². The van der Waals surface area contributed by atoms with Crippen LogP contribution in [-0.2, 0) is 0 Å². The number of nitrogens with one attached hydrogen (secondary N) is 1. The molecule has 0 aromatic heterocycles. The molecule has 1 aliphatic heterocycles. The Morgan fingerprint density at radius 1 is 1.24 bits per heavy atom. The lowest BCUT2D eigenvalue weighted by Crippen LogP contribution is -2.62. The Morgan fingerprint density at radius 2 is 1.94 bits per heavy atom. The summed E-state index contributed by atoms with van der Waals surface area (Å²) in [6.07, 6.45) is 6.76. The molecule has 2 heteroatoms. The van der Waals surface area contributed by atoms with Crippen LogP contribution in [0.2, 0.25) is 0 Å². The summed E-state index contributed by atoms with van der Waals surface area (Å²) in [6.45, 7) is 13.3. The van der Waals surface area contributed by atoms with Crippen molar-refractivity contribution in [1.29, 1.82) is 0 Å². The van der Waals surface area contributed by atoms with E-state index in [9.17, 15) is 0 Å². The first-order valence-corrected chi connectivity index (χ1v) is 7.52. The number of rotatable bonds is 3. The number of piperazine rings is 1. The van der Waals surface area contributed by atoms with Crippen molar-refractivity contribution in [1.82, 2.24) is 10.2 Å². The van der Waals surface area contributed by atoms with Gasteiger partial charge in [-0.2, -0.15) is 0 Å². The van der Waals surface area contributed by atoms with Crippen molar-refractivity contribution in [3.8, 4) is 0 Å². The molecule has 1 unspecified atom stereocenters. The van der Waals surface area contributed by atoms with E-state index in [4.69, 9.17) is 0 Å². The van der Waals surface area contributed by atoms with Gasteiger partial charge >= 0.3 is 0 Å². The molecular weight excluding hydrogens is 208 g/mol. The highest BCUT2D eigenvalue weighted by molar-refractivity contribution is 4.99. The Bertz CT molecular complexity index is 256. The van der Waals surface area contributed by atoms with Gasteiger partial charge in [-0.15, -0.1) is 0 Å². The van der Waals surface area contributed by atoms with Crippen LogP contribution in [0.5, 0.6) is 0 Å². The van der Waals surface area contributed by atoms with Gasteiger partial charge in [-0.3, -0.25) is 4.90 Å². The van der Waals surface area contributed by atoms with Gasteiger partial charge in [-0.05, 0) is 31.1 Å². The van der Waals surface area contributed by atoms with Gasteiger partial charge in [0.2, 0.25) is 0 Å². The number of nitrogens with zero attached hydrogens (tertiary/aromatic N) is 1. The van der Waals surface area contributed by atoms with Crippen LogP contribution >= 0.6 is 0 Å². The minimum atomic E-state index is 0.386. The Hall–Kier alpha value is -0.0800. The van der Waals surface area contributed by atoms with Crippen molar-refractivity contribution in [3.05, 3.63) is 0 Å². The summed E-state index contributed by atoms with van der Waals surface area (Å²) in [5, 5.41) is 3.77. The topological polar surface area (TPSA) is 15.3 Å². The van der Waals surface area contributed by atoms with Crippen LogP contribution in [0.3, 0.4) is 0 Å². The van der Waals surface area contributed by atoms with E-state index in [1.54, 1.807) is 0 Å². The Morgan fingerprint density at radius 3 is 2.47 bits per heavy atom. The predicted molar refractivity (Wildman–Crippen MR) is 74.3 cm³/mol. The van der Waals surface area contributed by atoms with Gasteiger partial charge in [-0.25, -0.2) is 0 Å². The summed E-state index contributed by atoms with van der Waals surface area (Å²) in [4.78, 5) is 2.79. The smallest absolute Gasteiger partial charge is 0.0304 e. The largest absolute Gasteiger partial charge is 0.309 e. The zero-order valence-electron chi connectivity index (χ0n) is 12.2. The fraction of sp³-hybridized carbons (Fsp3) is 1.00. The molecule has 17 heavy (non-hydrogen) atoms. The summed E-state index contributed by atoms with van der Waals surface area (Å²) in [7, 11) is 0. The summed E-state index contributed by atoms with van der Waals surface area (Å²) in [5.41, 5.74) is 0.918. The maximum absolute atomic E-state index is 3.77. The Labute approximate surface area is 107 Å². The fourth-order valence-corrected chi connectivity index (χ4v) is 3.96. The molecule has 1 atom stereocenters. The fourth-order valence-electron chi connectivity index (χ4n) is 3.96. The molecule has 0 radical (unpaired) electrons. The van der Waals surface area contributed by atoms with Gasteiger partial charge in [0.05, 0.1) is 0 Å². The number of hydrogen-bond acceptors (Lipinski definition) is 2. The lowest BCUT2D eigenvalue weighted by atomic mass is 9.83. The standard InChI is InChI=1S/C15H30N2/c1-5-15(6-2)12-17(11-10-16-15)13-8-7-9-14(13,3)4/h13,16H,5-12H2,1-4H3. The second kappa shape index (κ2) is 4.89. The second-order valence-corrected chi connectivity index (χ2v) is 6.78. The maximum atomic E-state index is 3.77. The van der Waals surface area contributed by atoms with Crippen LogP contribution in [0.25, 0.3) is 0 Å². The van der Waals surface area contributed by atoms with Gasteiger partial charge in [0, 0.05) is 31.2 Å². The first-order valence-electron chi connectivity index (χ1n) is 7.52. The third-order valence-corrected chi connectivity index (χ3v) is 5.40. The molecule has 1 heterocycles. The zero-order chi connectivity index (χ0) is 12.5. The van der Waals surface area contributed by atoms with Crippen molar-refractivity contribution < 1.29 is 0 Å². The van der Waals surface area contributed by atoms with Crippen LogP contribution < -0.4 is 5.32 Å². The van der Waals surface area contributed by atoms with Crippen LogP contribution in [0, 0.1) is 5.41 Å². The van der Waals surface area contributed by atoms with E-state index in [0.29, 0.717) is 11.0 Å². The van der Waals surface area contributed by atoms with Crippen molar-refractivity contribution in [2.24, 2.45) is 5.41 Å². The lowest BCUT2D eigenvalue weighted by molar-refractivity contribution is 0.0450. The molecule has 0 aromatic rings. The predicted octanol–water partition coefficient (Wildman–Crippen LogP) is 3.03. The maximum Gasteiger partial charge on any atom is 0.0304 e. The van der Waals surface area contributed by atoms with Gasteiger partial charge in [0.25, 0.3) is 0 Å². The van der Waals surface area contributed by atoms with Crippen LogP contribution in [0.15, 0.2) is 0 Å². The second-order valence-electron chi connectivity index (χ2n) is 6.78. The monoisotopic (exact) mass is 238 g/mol. The van der Waals surface area contributed by atoms with Gasteiger partial charge in [0.1, 0.15) is 0 Å². The van der Waals surface area contributed by atoms with E-state index < -0.39 is 0 Å². The molecule has 0 aromatic carbocycles. The van der Waals surface area contributed by atoms with E-state index in [-0.39, 0.29) is 0 Å². The summed E-state index contributed by atoms with van der Waals surface area (Å²) >= 11 is 0. The SMILES string of the molecule is CCC1(CC)CN(C2CCCC2(C)C)CCN1. The van der Waals surface area contributed by atoms with Gasteiger partial charge < -0.3 is 5.32 Å². The van der Waals surface area contributed by atoms with Crippen molar-refractivity contribution >= 4 is 0 Å². The molecule has 2 rings (SSSR count). The average molecular weight is 238 g/mol. The van der Waals surface area contributed by atoms with Crippen LogP contribution in [0.1, 0.15) is 59.8 Å².